The monoisotopic (exact) mass is 315 g/mol. The van der Waals surface area contributed by atoms with Crippen molar-refractivity contribution in [3.8, 4) is 0 Å². The lowest BCUT2D eigenvalue weighted by molar-refractivity contribution is 0.0572. The van der Waals surface area contributed by atoms with Gasteiger partial charge in [-0.25, -0.2) is 8.42 Å². The third kappa shape index (κ3) is 3.66. The van der Waals surface area contributed by atoms with E-state index in [0.717, 1.165) is 25.1 Å². The number of nitrogens with one attached hydrogen (secondary N) is 1. The van der Waals surface area contributed by atoms with Crippen LogP contribution in [0.4, 0.5) is 0 Å². The molecule has 1 aliphatic rings. The normalized spacial score (nSPS) is 20.8. The van der Waals surface area contributed by atoms with Gasteiger partial charge in [0.1, 0.15) is 4.90 Å². The Morgan fingerprint density at radius 1 is 1.48 bits per heavy atom. The molecule has 2 rings (SSSR count). The molecule has 120 valence electrons. The van der Waals surface area contributed by atoms with E-state index < -0.39 is 10.0 Å². The van der Waals surface area contributed by atoms with Crippen LogP contribution in [-0.4, -0.2) is 50.1 Å². The summed E-state index contributed by atoms with van der Waals surface area (Å²) in [4.78, 5) is 0.370. The van der Waals surface area contributed by atoms with Gasteiger partial charge in [-0.2, -0.15) is 4.31 Å². The van der Waals surface area contributed by atoms with Crippen LogP contribution in [0.25, 0.3) is 0 Å². The Hall–Kier alpha value is -0.890. The van der Waals surface area contributed by atoms with E-state index in [0.29, 0.717) is 24.5 Å². The van der Waals surface area contributed by atoms with Gasteiger partial charge in [0.15, 0.2) is 0 Å². The third-order valence-corrected chi connectivity index (χ3v) is 5.78. The summed E-state index contributed by atoms with van der Waals surface area (Å²) in [6, 6.07) is 1.76. The highest BCUT2D eigenvalue weighted by Gasteiger charge is 2.31. The summed E-state index contributed by atoms with van der Waals surface area (Å²) >= 11 is 0. The molecule has 0 spiro atoms. The highest BCUT2D eigenvalue weighted by atomic mass is 32.2. The minimum Gasteiger partial charge on any atom is -0.380 e. The average molecular weight is 315 g/mol. The summed E-state index contributed by atoms with van der Waals surface area (Å²) in [7, 11) is 0.0846. The van der Waals surface area contributed by atoms with Crippen LogP contribution in [0.15, 0.2) is 17.2 Å². The molecule has 1 saturated heterocycles. The third-order valence-electron chi connectivity index (χ3n) is 3.95. The average Bonchev–Trinajstić information content (AvgIpc) is 2.87. The van der Waals surface area contributed by atoms with E-state index in [1.807, 2.05) is 18.5 Å². The zero-order valence-corrected chi connectivity index (χ0v) is 13.8. The number of rotatable bonds is 6. The molecule has 7 heteroatoms. The molecule has 0 amide bonds. The Bertz CT molecular complexity index is 568. The first-order valence-corrected chi connectivity index (χ1v) is 8.82. The van der Waals surface area contributed by atoms with Crippen LogP contribution in [-0.2, 0) is 28.4 Å². The Labute approximate surface area is 127 Å². The lowest BCUT2D eigenvalue weighted by atomic mass is 10.1. The van der Waals surface area contributed by atoms with Crippen molar-refractivity contribution < 1.29 is 13.2 Å². The maximum absolute atomic E-state index is 12.7. The SMILES string of the molecule is CCNCc1cc(S(=O)(=O)N2CCCC(OC)C2)cn1C. The number of piperidine rings is 1. The molecule has 1 unspecified atom stereocenters. The van der Waals surface area contributed by atoms with Gasteiger partial charge in [0.2, 0.25) is 10.0 Å². The van der Waals surface area contributed by atoms with Crippen molar-refractivity contribution in [2.24, 2.45) is 7.05 Å². The number of ether oxygens (including phenoxy) is 1. The predicted molar refractivity (Wildman–Crippen MR) is 81.6 cm³/mol. The fourth-order valence-corrected chi connectivity index (χ4v) is 4.22. The van der Waals surface area contributed by atoms with Gasteiger partial charge < -0.3 is 14.6 Å². The van der Waals surface area contributed by atoms with Gasteiger partial charge in [0.25, 0.3) is 0 Å². The fourth-order valence-electron chi connectivity index (χ4n) is 2.61. The van der Waals surface area contributed by atoms with E-state index in [2.05, 4.69) is 5.32 Å². The summed E-state index contributed by atoms with van der Waals surface area (Å²) in [5.41, 5.74) is 0.968. The highest BCUT2D eigenvalue weighted by molar-refractivity contribution is 7.89. The minimum absolute atomic E-state index is 0.00142. The van der Waals surface area contributed by atoms with E-state index in [-0.39, 0.29) is 6.10 Å². The summed E-state index contributed by atoms with van der Waals surface area (Å²) < 4.78 is 34.2. The van der Waals surface area contributed by atoms with E-state index >= 15 is 0 Å². The van der Waals surface area contributed by atoms with Crippen LogP contribution in [0, 0.1) is 0 Å². The molecule has 0 radical (unpaired) electrons. The van der Waals surface area contributed by atoms with Crippen LogP contribution >= 0.6 is 0 Å². The first-order valence-electron chi connectivity index (χ1n) is 7.38. The van der Waals surface area contributed by atoms with E-state index in [1.54, 1.807) is 19.4 Å². The molecule has 6 nitrogen and oxygen atoms in total. The first kappa shape index (κ1) is 16.5. The van der Waals surface area contributed by atoms with Crippen molar-refractivity contribution in [2.45, 2.75) is 37.3 Å². The van der Waals surface area contributed by atoms with Gasteiger partial charge in [-0.15, -0.1) is 0 Å². The number of hydrogen-bond acceptors (Lipinski definition) is 4. The number of aromatic nitrogens is 1. The lowest BCUT2D eigenvalue weighted by Crippen LogP contribution is -2.42. The maximum atomic E-state index is 12.7. The van der Waals surface area contributed by atoms with Crippen molar-refractivity contribution >= 4 is 10.0 Å². The molecule has 0 aromatic carbocycles. The molecule has 0 aliphatic carbocycles. The number of sulfonamides is 1. The largest absolute Gasteiger partial charge is 0.380 e. The van der Waals surface area contributed by atoms with Crippen molar-refractivity contribution in [3.63, 3.8) is 0 Å². The Morgan fingerprint density at radius 3 is 2.90 bits per heavy atom. The zero-order chi connectivity index (χ0) is 15.5. The molecule has 2 heterocycles. The number of methoxy groups -OCH3 is 1. The highest BCUT2D eigenvalue weighted by Crippen LogP contribution is 2.23. The zero-order valence-electron chi connectivity index (χ0n) is 13.0. The van der Waals surface area contributed by atoms with Crippen molar-refractivity contribution in [2.75, 3.05) is 26.7 Å². The Kier molecular flexibility index (Phi) is 5.43. The van der Waals surface area contributed by atoms with Crippen LogP contribution in [0.2, 0.25) is 0 Å². The molecule has 1 atom stereocenters. The molecule has 1 aliphatic heterocycles. The number of nitrogens with zero attached hydrogens (tertiary/aromatic N) is 2. The van der Waals surface area contributed by atoms with Crippen molar-refractivity contribution in [3.05, 3.63) is 18.0 Å². The van der Waals surface area contributed by atoms with Crippen LogP contribution < -0.4 is 5.32 Å². The minimum atomic E-state index is -3.43. The second kappa shape index (κ2) is 6.91. The Morgan fingerprint density at radius 2 is 2.24 bits per heavy atom. The Balaban J connectivity index is 2.19. The van der Waals surface area contributed by atoms with Crippen molar-refractivity contribution in [1.29, 1.82) is 0 Å². The first-order chi connectivity index (χ1) is 9.98. The fraction of sp³-hybridized carbons (Fsp3) is 0.714. The van der Waals surface area contributed by atoms with Gasteiger partial charge >= 0.3 is 0 Å². The van der Waals surface area contributed by atoms with E-state index in [4.69, 9.17) is 4.74 Å². The number of hydrogen-bond donors (Lipinski definition) is 1. The second-order valence-corrected chi connectivity index (χ2v) is 7.36. The van der Waals surface area contributed by atoms with Crippen LogP contribution in [0.1, 0.15) is 25.5 Å². The molecular formula is C14H25N3O3S. The van der Waals surface area contributed by atoms with Gasteiger partial charge in [-0.1, -0.05) is 6.92 Å². The molecule has 1 fully saturated rings. The molecular weight excluding hydrogens is 290 g/mol. The smallest absolute Gasteiger partial charge is 0.244 e. The predicted octanol–water partition coefficient (Wildman–Crippen LogP) is 0.934. The summed E-state index contributed by atoms with van der Waals surface area (Å²) in [5.74, 6) is 0. The second-order valence-electron chi connectivity index (χ2n) is 5.42. The molecule has 21 heavy (non-hydrogen) atoms. The molecule has 1 aromatic rings. The van der Waals surface area contributed by atoms with Crippen LogP contribution in [0.5, 0.6) is 0 Å². The van der Waals surface area contributed by atoms with Gasteiger partial charge in [0.05, 0.1) is 6.10 Å². The number of aryl methyl sites for hydroxylation is 1. The molecule has 1 N–H and O–H groups in total. The van der Waals surface area contributed by atoms with Gasteiger partial charge in [-0.3, -0.25) is 0 Å². The van der Waals surface area contributed by atoms with Gasteiger partial charge in [-0.05, 0) is 25.5 Å². The summed E-state index contributed by atoms with van der Waals surface area (Å²) in [6.07, 6.45) is 3.45. The van der Waals surface area contributed by atoms with E-state index in [9.17, 15) is 8.42 Å². The molecule has 1 aromatic heterocycles. The lowest BCUT2D eigenvalue weighted by Gasteiger charge is -2.30. The molecule has 0 bridgehead atoms. The van der Waals surface area contributed by atoms with E-state index in [1.165, 1.54) is 4.31 Å². The topological polar surface area (TPSA) is 63.6 Å². The summed E-state index contributed by atoms with van der Waals surface area (Å²) in [6.45, 7) is 4.56. The standard InChI is InChI=1S/C14H25N3O3S/c1-4-15-9-12-8-14(11-16(12)2)21(18,19)17-7-5-6-13(10-17)20-3/h8,11,13,15H,4-7,9-10H2,1-3H3. The quantitative estimate of drug-likeness (QED) is 0.848. The summed E-state index contributed by atoms with van der Waals surface area (Å²) in [5, 5.41) is 3.22. The molecule has 0 saturated carbocycles. The maximum Gasteiger partial charge on any atom is 0.244 e. The van der Waals surface area contributed by atoms with Gasteiger partial charge in [0, 0.05) is 45.7 Å². The van der Waals surface area contributed by atoms with Crippen LogP contribution in [0.3, 0.4) is 0 Å². The van der Waals surface area contributed by atoms with Crippen molar-refractivity contribution in [1.82, 2.24) is 14.2 Å².